The maximum absolute atomic E-state index is 13.4. The minimum absolute atomic E-state index is 0.00342. The number of hydrogen-bond acceptors (Lipinski definition) is 3. The SMILES string of the molecule is Cc1c(Cl)cccc1N1C(=O)/C(=C/c2cc(C)n(-c3cc(Cl)ccc3Cl)c2C)C(=O)NC1=S. The van der Waals surface area contributed by atoms with E-state index in [2.05, 4.69) is 5.32 Å². The van der Waals surface area contributed by atoms with Crippen LogP contribution < -0.4 is 10.2 Å². The topological polar surface area (TPSA) is 54.3 Å². The van der Waals surface area contributed by atoms with E-state index in [0.717, 1.165) is 11.4 Å². The van der Waals surface area contributed by atoms with Gasteiger partial charge in [0, 0.05) is 21.4 Å². The van der Waals surface area contributed by atoms with Gasteiger partial charge >= 0.3 is 0 Å². The Morgan fingerprint density at radius 1 is 0.939 bits per heavy atom. The lowest BCUT2D eigenvalue weighted by Gasteiger charge is -2.30. The number of carbonyl (C=O) groups is 2. The van der Waals surface area contributed by atoms with Crippen LogP contribution >= 0.6 is 47.0 Å². The van der Waals surface area contributed by atoms with Crippen LogP contribution in [-0.2, 0) is 9.59 Å². The number of thiocarbonyl (C=S) groups is 1. The largest absolute Gasteiger partial charge is 0.316 e. The maximum atomic E-state index is 13.4. The Labute approximate surface area is 211 Å². The van der Waals surface area contributed by atoms with Crippen LogP contribution in [0.15, 0.2) is 48.0 Å². The number of carbonyl (C=O) groups excluding carboxylic acids is 2. The number of halogens is 3. The molecule has 4 rings (SSSR count). The molecule has 0 unspecified atom stereocenters. The van der Waals surface area contributed by atoms with Crippen molar-refractivity contribution in [2.75, 3.05) is 4.90 Å². The average molecular weight is 519 g/mol. The number of hydrogen-bond donors (Lipinski definition) is 1. The quantitative estimate of drug-likeness (QED) is 0.255. The van der Waals surface area contributed by atoms with E-state index in [1.165, 1.54) is 4.90 Å². The number of aryl methyl sites for hydroxylation is 1. The van der Waals surface area contributed by atoms with Gasteiger partial charge in [-0.25, -0.2) is 0 Å². The van der Waals surface area contributed by atoms with Crippen LogP contribution in [0.3, 0.4) is 0 Å². The molecular formula is C24H18Cl3N3O2S. The summed E-state index contributed by atoms with van der Waals surface area (Å²) in [6.07, 6.45) is 1.56. The van der Waals surface area contributed by atoms with Gasteiger partial charge in [0.1, 0.15) is 5.57 Å². The first-order valence-electron chi connectivity index (χ1n) is 9.91. The Morgan fingerprint density at radius 2 is 1.67 bits per heavy atom. The molecule has 1 aliphatic rings. The predicted molar refractivity (Wildman–Crippen MR) is 138 cm³/mol. The van der Waals surface area contributed by atoms with E-state index >= 15 is 0 Å². The summed E-state index contributed by atoms with van der Waals surface area (Å²) in [7, 11) is 0. The van der Waals surface area contributed by atoms with Crippen molar-refractivity contribution in [3.05, 3.63) is 85.6 Å². The molecule has 168 valence electrons. The molecule has 0 spiro atoms. The summed E-state index contributed by atoms with van der Waals surface area (Å²) >= 11 is 24.1. The lowest BCUT2D eigenvalue weighted by atomic mass is 10.1. The van der Waals surface area contributed by atoms with Gasteiger partial charge in [0.2, 0.25) is 0 Å². The van der Waals surface area contributed by atoms with Crippen LogP contribution in [0.2, 0.25) is 15.1 Å². The fraction of sp³-hybridized carbons (Fsp3) is 0.125. The molecule has 2 amide bonds. The standard InChI is InChI=1S/C24H18Cl3N3O2S/c1-12-9-15(14(3)29(12)21-11-16(25)7-8-19(21)27)10-17-22(31)28-24(33)30(23(17)32)20-6-4-5-18(26)13(20)2/h4-11H,1-3H3,(H,28,31,33)/b17-10+. The van der Waals surface area contributed by atoms with Crippen molar-refractivity contribution in [2.24, 2.45) is 0 Å². The molecule has 9 heteroatoms. The van der Waals surface area contributed by atoms with Gasteiger partial charge in [0.05, 0.1) is 16.4 Å². The third-order valence-corrected chi connectivity index (χ3v) is 6.75. The van der Waals surface area contributed by atoms with Crippen LogP contribution in [0, 0.1) is 20.8 Å². The van der Waals surface area contributed by atoms with Crippen molar-refractivity contribution in [3.8, 4) is 5.69 Å². The summed E-state index contributed by atoms with van der Waals surface area (Å²) in [5, 5.41) is 4.18. The summed E-state index contributed by atoms with van der Waals surface area (Å²) in [5.74, 6) is -1.09. The molecule has 1 N–H and O–H groups in total. The van der Waals surface area contributed by atoms with Crippen molar-refractivity contribution >= 4 is 75.7 Å². The molecular weight excluding hydrogens is 501 g/mol. The van der Waals surface area contributed by atoms with Gasteiger partial charge in [0.25, 0.3) is 11.8 Å². The Bertz CT molecular complexity index is 1380. The Morgan fingerprint density at radius 3 is 2.39 bits per heavy atom. The van der Waals surface area contributed by atoms with E-state index in [9.17, 15) is 9.59 Å². The predicted octanol–water partition coefficient (Wildman–Crippen LogP) is 6.19. The summed E-state index contributed by atoms with van der Waals surface area (Å²) in [6, 6.07) is 12.3. The van der Waals surface area contributed by atoms with Crippen molar-refractivity contribution in [2.45, 2.75) is 20.8 Å². The third-order valence-electron chi connectivity index (χ3n) is 5.50. The lowest BCUT2D eigenvalue weighted by Crippen LogP contribution is -2.54. The van der Waals surface area contributed by atoms with E-state index in [1.54, 1.807) is 49.4 Å². The highest BCUT2D eigenvalue weighted by atomic mass is 35.5. The molecule has 33 heavy (non-hydrogen) atoms. The fourth-order valence-electron chi connectivity index (χ4n) is 3.83. The van der Waals surface area contributed by atoms with Gasteiger partial charge in [-0.15, -0.1) is 0 Å². The normalized spacial score (nSPS) is 15.4. The van der Waals surface area contributed by atoms with Gasteiger partial charge in [0.15, 0.2) is 5.11 Å². The van der Waals surface area contributed by atoms with Gasteiger partial charge in [-0.3, -0.25) is 19.8 Å². The third kappa shape index (κ3) is 4.20. The second-order valence-electron chi connectivity index (χ2n) is 7.60. The smallest absolute Gasteiger partial charge is 0.270 e. The highest BCUT2D eigenvalue weighted by Crippen LogP contribution is 2.32. The number of aromatic nitrogens is 1. The number of benzene rings is 2. The number of nitrogens with one attached hydrogen (secondary N) is 1. The fourth-order valence-corrected chi connectivity index (χ4v) is 4.64. The molecule has 1 saturated heterocycles. The zero-order valence-electron chi connectivity index (χ0n) is 17.9. The maximum Gasteiger partial charge on any atom is 0.270 e. The first kappa shape index (κ1) is 23.5. The highest BCUT2D eigenvalue weighted by Gasteiger charge is 2.35. The molecule has 2 heterocycles. The van der Waals surface area contributed by atoms with Crippen LogP contribution in [0.4, 0.5) is 5.69 Å². The molecule has 1 fully saturated rings. The van der Waals surface area contributed by atoms with Crippen LogP contribution in [0.5, 0.6) is 0 Å². The molecule has 0 bridgehead atoms. The molecule has 5 nitrogen and oxygen atoms in total. The van der Waals surface area contributed by atoms with Crippen LogP contribution in [0.25, 0.3) is 11.8 Å². The number of anilines is 1. The number of nitrogens with zero attached hydrogens (tertiary/aromatic N) is 2. The van der Waals surface area contributed by atoms with Crippen molar-refractivity contribution in [1.82, 2.24) is 9.88 Å². The van der Waals surface area contributed by atoms with Gasteiger partial charge in [-0.1, -0.05) is 40.9 Å². The first-order valence-corrected chi connectivity index (χ1v) is 11.4. The number of amides is 2. The van der Waals surface area contributed by atoms with E-state index in [1.807, 2.05) is 24.5 Å². The molecule has 0 aliphatic carbocycles. The van der Waals surface area contributed by atoms with Crippen molar-refractivity contribution in [1.29, 1.82) is 0 Å². The van der Waals surface area contributed by atoms with E-state index in [-0.39, 0.29) is 10.7 Å². The molecule has 0 atom stereocenters. The summed E-state index contributed by atoms with van der Waals surface area (Å²) in [5.41, 5.74) is 4.21. The second kappa shape index (κ2) is 8.95. The average Bonchev–Trinajstić information content (AvgIpc) is 3.03. The molecule has 3 aromatic rings. The van der Waals surface area contributed by atoms with Gasteiger partial charge in [-0.2, -0.15) is 0 Å². The summed E-state index contributed by atoms with van der Waals surface area (Å²) in [4.78, 5) is 27.4. The Hall–Kier alpha value is -2.64. The first-order chi connectivity index (χ1) is 15.6. The van der Waals surface area contributed by atoms with E-state index in [0.29, 0.717) is 37.6 Å². The summed E-state index contributed by atoms with van der Waals surface area (Å²) < 4.78 is 1.93. The summed E-state index contributed by atoms with van der Waals surface area (Å²) in [6.45, 7) is 5.58. The van der Waals surface area contributed by atoms with E-state index in [4.69, 9.17) is 47.0 Å². The van der Waals surface area contributed by atoms with E-state index < -0.39 is 11.8 Å². The molecule has 0 radical (unpaired) electrons. The molecule has 1 aliphatic heterocycles. The zero-order chi connectivity index (χ0) is 24.0. The number of rotatable bonds is 3. The highest BCUT2D eigenvalue weighted by molar-refractivity contribution is 7.80. The second-order valence-corrected chi connectivity index (χ2v) is 9.24. The van der Waals surface area contributed by atoms with Crippen molar-refractivity contribution in [3.63, 3.8) is 0 Å². The van der Waals surface area contributed by atoms with Crippen LogP contribution in [0.1, 0.15) is 22.5 Å². The minimum Gasteiger partial charge on any atom is -0.316 e. The molecule has 2 aromatic carbocycles. The van der Waals surface area contributed by atoms with Gasteiger partial charge in [-0.05, 0) is 86.6 Å². The molecule has 1 aromatic heterocycles. The van der Waals surface area contributed by atoms with Crippen molar-refractivity contribution < 1.29 is 9.59 Å². The Kier molecular flexibility index (Phi) is 6.38. The molecule has 0 saturated carbocycles. The Balaban J connectivity index is 1.81. The minimum atomic E-state index is -0.563. The van der Waals surface area contributed by atoms with Gasteiger partial charge < -0.3 is 4.57 Å². The van der Waals surface area contributed by atoms with Crippen LogP contribution in [-0.4, -0.2) is 21.5 Å². The zero-order valence-corrected chi connectivity index (χ0v) is 21.0. The monoisotopic (exact) mass is 517 g/mol. The lowest BCUT2D eigenvalue weighted by molar-refractivity contribution is -0.122.